The van der Waals surface area contributed by atoms with Gasteiger partial charge in [0.1, 0.15) is 28.6 Å². The van der Waals surface area contributed by atoms with Gasteiger partial charge in [0, 0.05) is 30.5 Å². The number of nitrogens with one attached hydrogen (secondary N) is 1. The Kier molecular flexibility index (Phi) is 7.82. The van der Waals surface area contributed by atoms with Crippen molar-refractivity contribution in [1.29, 1.82) is 0 Å². The molecule has 0 aromatic carbocycles. The highest BCUT2D eigenvalue weighted by molar-refractivity contribution is 5.93. The predicted octanol–water partition coefficient (Wildman–Crippen LogP) is 4.79. The molecule has 0 spiro atoms. The molecule has 1 amide bonds. The summed E-state index contributed by atoms with van der Waals surface area (Å²) in [6, 6.07) is 3.17. The maximum Gasteiger partial charge on any atom is 0.333 e. The fraction of sp³-hybridized carbons (Fsp3) is 0.483. The summed E-state index contributed by atoms with van der Waals surface area (Å²) < 4.78 is 31.9. The monoisotopic (exact) mass is 552 g/mol. The first-order valence-corrected chi connectivity index (χ1v) is 13.9. The third-order valence-electron chi connectivity index (χ3n) is 7.81. The van der Waals surface area contributed by atoms with Gasteiger partial charge in [-0.1, -0.05) is 26.7 Å². The van der Waals surface area contributed by atoms with Crippen molar-refractivity contribution in [2.75, 3.05) is 0 Å². The highest BCUT2D eigenvalue weighted by Crippen LogP contribution is 2.28. The molecule has 4 aromatic heterocycles. The Morgan fingerprint density at radius 1 is 1.05 bits per heavy atom. The number of hydrogen-bond acceptors (Lipinski definition) is 5. The number of pyridine rings is 2. The summed E-state index contributed by atoms with van der Waals surface area (Å²) in [6.45, 7) is 6.23. The van der Waals surface area contributed by atoms with Gasteiger partial charge in [-0.2, -0.15) is 0 Å². The van der Waals surface area contributed by atoms with Gasteiger partial charge in [-0.25, -0.2) is 23.5 Å². The average molecular weight is 553 g/mol. The zero-order chi connectivity index (χ0) is 28.6. The molecule has 0 saturated heterocycles. The lowest BCUT2D eigenvalue weighted by molar-refractivity contribution is 0.0917. The summed E-state index contributed by atoms with van der Waals surface area (Å²) >= 11 is 0. The highest BCUT2D eigenvalue weighted by Gasteiger charge is 2.29. The van der Waals surface area contributed by atoms with Crippen molar-refractivity contribution in [3.63, 3.8) is 0 Å². The van der Waals surface area contributed by atoms with Gasteiger partial charge in [0.2, 0.25) is 0 Å². The first-order valence-electron chi connectivity index (χ1n) is 13.9. The minimum Gasteiger partial charge on any atom is -0.348 e. The molecule has 212 valence electrons. The minimum atomic E-state index is -0.630. The highest BCUT2D eigenvalue weighted by atomic mass is 19.1. The van der Waals surface area contributed by atoms with Gasteiger partial charge in [-0.05, 0) is 63.1 Å². The van der Waals surface area contributed by atoms with E-state index < -0.39 is 22.9 Å². The van der Waals surface area contributed by atoms with Crippen LogP contribution in [0.25, 0.3) is 16.7 Å². The van der Waals surface area contributed by atoms with Gasteiger partial charge in [0.15, 0.2) is 0 Å². The van der Waals surface area contributed by atoms with Crippen LogP contribution in [0.1, 0.15) is 88.3 Å². The SMILES string of the molecule is CC(C)CCCC(C)n1c(=O)n(C2CCC(NC(=O)c3cn4cc(F)ccc4n3)CC2)c(=O)c2cc(F)cnc21. The lowest BCUT2D eigenvalue weighted by Crippen LogP contribution is -2.46. The Balaban J connectivity index is 1.36. The van der Waals surface area contributed by atoms with Crippen molar-refractivity contribution in [3.05, 3.63) is 75.0 Å². The quantitative estimate of drug-likeness (QED) is 0.339. The van der Waals surface area contributed by atoms with Gasteiger partial charge in [-0.15, -0.1) is 0 Å². The molecular weight excluding hydrogens is 518 g/mol. The van der Waals surface area contributed by atoms with E-state index in [-0.39, 0.29) is 40.8 Å². The Morgan fingerprint density at radius 2 is 1.80 bits per heavy atom. The van der Waals surface area contributed by atoms with Gasteiger partial charge in [0.05, 0.1) is 11.6 Å². The van der Waals surface area contributed by atoms with Crippen LogP contribution in [0.3, 0.4) is 0 Å². The summed E-state index contributed by atoms with van der Waals surface area (Å²) in [4.78, 5) is 48.5. The number of halogens is 2. The molecule has 4 aromatic rings. The van der Waals surface area contributed by atoms with Crippen LogP contribution in [-0.4, -0.2) is 35.5 Å². The standard InChI is InChI=1S/C29H34F2N6O3/c1-17(2)5-4-6-18(3)36-26-23(13-20(31)14-32-26)28(39)37(29(36)40)22-10-8-21(9-11-22)33-27(38)24-16-35-15-19(30)7-12-25(35)34-24/h7,12-18,21-22H,4-6,8-11H2,1-3H3,(H,33,38). The lowest BCUT2D eigenvalue weighted by Gasteiger charge is -2.30. The van der Waals surface area contributed by atoms with Crippen LogP contribution in [0.15, 0.2) is 46.4 Å². The molecule has 9 nitrogen and oxygen atoms in total. The Hall–Kier alpha value is -3.89. The maximum absolute atomic E-state index is 14.2. The van der Waals surface area contributed by atoms with Gasteiger partial charge in [0.25, 0.3) is 11.5 Å². The summed E-state index contributed by atoms with van der Waals surface area (Å²) in [5.41, 5.74) is -0.118. The minimum absolute atomic E-state index is 0.0917. The van der Waals surface area contributed by atoms with E-state index in [1.807, 2.05) is 6.92 Å². The van der Waals surface area contributed by atoms with Crippen LogP contribution in [0, 0.1) is 17.6 Å². The Labute approximate surface area is 229 Å². The molecule has 1 aliphatic rings. The van der Waals surface area contributed by atoms with Crippen molar-refractivity contribution in [2.24, 2.45) is 5.92 Å². The van der Waals surface area contributed by atoms with E-state index in [0.29, 0.717) is 37.2 Å². The van der Waals surface area contributed by atoms with E-state index in [9.17, 15) is 23.2 Å². The van der Waals surface area contributed by atoms with Crippen molar-refractivity contribution in [2.45, 2.75) is 83.8 Å². The second-order valence-electron chi connectivity index (χ2n) is 11.2. The van der Waals surface area contributed by atoms with Crippen LogP contribution in [0.4, 0.5) is 8.78 Å². The number of carbonyl (C=O) groups is 1. The second-order valence-corrected chi connectivity index (χ2v) is 11.2. The van der Waals surface area contributed by atoms with Crippen LogP contribution in [0.5, 0.6) is 0 Å². The molecule has 1 saturated carbocycles. The zero-order valence-electron chi connectivity index (χ0n) is 22.9. The summed E-state index contributed by atoms with van der Waals surface area (Å²) in [6.07, 6.45) is 8.52. The third kappa shape index (κ3) is 5.55. The number of imidazole rings is 1. The predicted molar refractivity (Wildman–Crippen MR) is 148 cm³/mol. The van der Waals surface area contributed by atoms with Crippen LogP contribution in [-0.2, 0) is 0 Å². The first-order chi connectivity index (χ1) is 19.1. The molecule has 1 unspecified atom stereocenters. The smallest absolute Gasteiger partial charge is 0.333 e. The average Bonchev–Trinajstić information content (AvgIpc) is 3.33. The maximum atomic E-state index is 14.2. The van der Waals surface area contributed by atoms with Crippen molar-refractivity contribution in [1.82, 2.24) is 28.8 Å². The van der Waals surface area contributed by atoms with Crippen LogP contribution < -0.4 is 16.6 Å². The van der Waals surface area contributed by atoms with E-state index in [0.717, 1.165) is 31.5 Å². The molecule has 1 atom stereocenters. The Morgan fingerprint density at radius 3 is 2.52 bits per heavy atom. The van der Waals surface area contributed by atoms with E-state index in [1.165, 1.54) is 38.1 Å². The van der Waals surface area contributed by atoms with E-state index in [4.69, 9.17) is 0 Å². The molecule has 40 heavy (non-hydrogen) atoms. The van der Waals surface area contributed by atoms with E-state index >= 15 is 0 Å². The van der Waals surface area contributed by atoms with Crippen molar-refractivity contribution in [3.8, 4) is 0 Å². The summed E-state index contributed by atoms with van der Waals surface area (Å²) in [7, 11) is 0. The molecule has 1 aliphatic carbocycles. The van der Waals surface area contributed by atoms with Crippen LogP contribution in [0.2, 0.25) is 0 Å². The molecule has 11 heteroatoms. The molecular formula is C29H34F2N6O3. The zero-order valence-corrected chi connectivity index (χ0v) is 22.9. The van der Waals surface area contributed by atoms with Gasteiger partial charge < -0.3 is 9.72 Å². The molecule has 0 bridgehead atoms. The number of fused-ring (bicyclic) bond motifs is 2. The number of aromatic nitrogens is 5. The van der Waals surface area contributed by atoms with Crippen molar-refractivity contribution < 1.29 is 13.6 Å². The third-order valence-corrected chi connectivity index (χ3v) is 7.81. The number of rotatable bonds is 8. The fourth-order valence-electron chi connectivity index (χ4n) is 5.69. The molecule has 5 rings (SSSR count). The van der Waals surface area contributed by atoms with Crippen LogP contribution >= 0.6 is 0 Å². The molecule has 0 radical (unpaired) electrons. The normalized spacial score (nSPS) is 18.4. The largest absolute Gasteiger partial charge is 0.348 e. The number of hydrogen-bond donors (Lipinski definition) is 1. The first kappa shape index (κ1) is 27.7. The second kappa shape index (κ2) is 11.3. The molecule has 1 fully saturated rings. The number of nitrogens with zero attached hydrogens (tertiary/aromatic N) is 5. The Bertz CT molecular complexity index is 1670. The summed E-state index contributed by atoms with van der Waals surface area (Å²) in [5.74, 6) is -0.889. The molecule has 0 aliphatic heterocycles. The number of carbonyl (C=O) groups excluding carboxylic acids is 1. The van der Waals surface area contributed by atoms with Gasteiger partial charge in [-0.3, -0.25) is 18.7 Å². The summed E-state index contributed by atoms with van der Waals surface area (Å²) in [5, 5.41) is 3.06. The lowest BCUT2D eigenvalue weighted by atomic mass is 9.90. The topological polar surface area (TPSA) is 103 Å². The molecule has 4 heterocycles. The molecule has 1 N–H and O–H groups in total. The van der Waals surface area contributed by atoms with Crippen molar-refractivity contribution >= 4 is 22.6 Å². The fourth-order valence-corrected chi connectivity index (χ4v) is 5.69. The van der Waals surface area contributed by atoms with E-state index in [1.54, 1.807) is 0 Å². The van der Waals surface area contributed by atoms with Gasteiger partial charge >= 0.3 is 5.69 Å². The van der Waals surface area contributed by atoms with E-state index in [2.05, 4.69) is 29.1 Å². The number of amides is 1.